The van der Waals surface area contributed by atoms with Gasteiger partial charge in [-0.05, 0) is 29.2 Å². The van der Waals surface area contributed by atoms with Crippen LogP contribution < -0.4 is 15.8 Å². The summed E-state index contributed by atoms with van der Waals surface area (Å²) in [6.45, 7) is -0.162. The molecular weight excluding hydrogens is 362 g/mol. The van der Waals surface area contributed by atoms with Gasteiger partial charge in [-0.25, -0.2) is 0 Å². The molecule has 1 atom stereocenters. The van der Waals surface area contributed by atoms with Crippen molar-refractivity contribution in [2.75, 3.05) is 11.9 Å². The molecule has 3 aromatic rings. The highest BCUT2D eigenvalue weighted by atomic mass is 32.1. The van der Waals surface area contributed by atoms with Crippen molar-refractivity contribution in [2.45, 2.75) is 12.3 Å². The van der Waals surface area contributed by atoms with E-state index in [0.717, 1.165) is 27.4 Å². The number of anilines is 1. The number of carbonyl (C=O) groups excluding carboxylic acids is 2. The fourth-order valence-electron chi connectivity index (χ4n) is 3.14. The monoisotopic (exact) mass is 379 g/mol. The second-order valence-electron chi connectivity index (χ2n) is 6.27. The highest BCUT2D eigenvalue weighted by Gasteiger charge is 2.31. The van der Waals surface area contributed by atoms with Crippen molar-refractivity contribution < 1.29 is 14.3 Å². The summed E-state index contributed by atoms with van der Waals surface area (Å²) < 4.78 is 9.89. The summed E-state index contributed by atoms with van der Waals surface area (Å²) in [4.78, 5) is 24.2. The Morgan fingerprint density at radius 2 is 1.93 bits per heavy atom. The quantitative estimate of drug-likeness (QED) is 0.712. The number of hydrogen-bond acceptors (Lipinski definition) is 5. The smallest absolute Gasteiger partial charge is 0.255 e. The van der Waals surface area contributed by atoms with Gasteiger partial charge in [-0.2, -0.15) is 4.37 Å². The summed E-state index contributed by atoms with van der Waals surface area (Å²) >= 11 is 1.41. The first kappa shape index (κ1) is 17.2. The molecule has 1 aliphatic rings. The molecule has 2 aromatic carbocycles. The third-order valence-electron chi connectivity index (χ3n) is 4.40. The maximum atomic E-state index is 12.3. The molecule has 0 spiro atoms. The summed E-state index contributed by atoms with van der Waals surface area (Å²) in [6.07, 6.45) is 0.366. The highest BCUT2D eigenvalue weighted by Crippen LogP contribution is 2.44. The Kier molecular flexibility index (Phi) is 4.60. The molecule has 0 fully saturated rings. The van der Waals surface area contributed by atoms with E-state index in [9.17, 15) is 9.59 Å². The van der Waals surface area contributed by atoms with Crippen molar-refractivity contribution in [1.29, 1.82) is 0 Å². The fourth-order valence-corrected chi connectivity index (χ4v) is 4.12. The van der Waals surface area contributed by atoms with E-state index in [2.05, 4.69) is 9.69 Å². The fraction of sp³-hybridized carbons (Fsp3) is 0.150. The van der Waals surface area contributed by atoms with Crippen molar-refractivity contribution in [2.24, 2.45) is 5.73 Å². The minimum Gasteiger partial charge on any atom is -0.484 e. The molecule has 0 unspecified atom stereocenters. The standard InChI is InChI=1S/C20H17N3O3S/c21-16(24)11-26-14-8-6-12(7-9-14)15-10-17(25)22-19-18(23-27-20(15)19)13-4-2-1-3-5-13/h1-9,15H,10-11H2,(H2,21,24)(H,22,25)/t15-/m1/s1. The van der Waals surface area contributed by atoms with Crippen molar-refractivity contribution in [1.82, 2.24) is 4.37 Å². The van der Waals surface area contributed by atoms with Gasteiger partial charge in [0.25, 0.3) is 5.91 Å². The largest absolute Gasteiger partial charge is 0.484 e. The number of primary amides is 1. The van der Waals surface area contributed by atoms with Gasteiger partial charge in [0.1, 0.15) is 11.4 Å². The van der Waals surface area contributed by atoms with Gasteiger partial charge in [-0.15, -0.1) is 0 Å². The number of carbonyl (C=O) groups is 2. The molecule has 0 bridgehead atoms. The van der Waals surface area contributed by atoms with Gasteiger partial charge in [0, 0.05) is 17.9 Å². The minimum absolute atomic E-state index is 0.0288. The normalized spacial score (nSPS) is 15.7. The zero-order valence-electron chi connectivity index (χ0n) is 14.3. The number of aromatic nitrogens is 1. The van der Waals surface area contributed by atoms with Crippen molar-refractivity contribution in [3.05, 3.63) is 65.0 Å². The molecule has 0 radical (unpaired) electrons. The van der Waals surface area contributed by atoms with Crippen LogP contribution in [0, 0.1) is 0 Å². The van der Waals surface area contributed by atoms with Crippen LogP contribution in [0.1, 0.15) is 22.8 Å². The van der Waals surface area contributed by atoms with Crippen molar-refractivity contribution in [3.8, 4) is 17.0 Å². The molecule has 3 N–H and O–H groups in total. The highest BCUT2D eigenvalue weighted by molar-refractivity contribution is 7.07. The zero-order valence-corrected chi connectivity index (χ0v) is 15.2. The van der Waals surface area contributed by atoms with E-state index in [1.54, 1.807) is 12.1 Å². The average Bonchev–Trinajstić information content (AvgIpc) is 3.10. The van der Waals surface area contributed by atoms with E-state index >= 15 is 0 Å². The third-order valence-corrected chi connectivity index (χ3v) is 5.36. The van der Waals surface area contributed by atoms with Crippen LogP contribution >= 0.6 is 11.5 Å². The number of ether oxygens (including phenoxy) is 1. The van der Waals surface area contributed by atoms with Crippen LogP contribution in [0.15, 0.2) is 54.6 Å². The molecule has 0 saturated heterocycles. The molecule has 0 aliphatic carbocycles. The van der Waals surface area contributed by atoms with Crippen LogP contribution in [0.2, 0.25) is 0 Å². The first-order valence-corrected chi connectivity index (χ1v) is 9.25. The van der Waals surface area contributed by atoms with E-state index in [-0.39, 0.29) is 18.4 Å². The van der Waals surface area contributed by atoms with E-state index in [4.69, 9.17) is 10.5 Å². The predicted octanol–water partition coefficient (Wildman–Crippen LogP) is 3.15. The Balaban J connectivity index is 1.65. The first-order valence-electron chi connectivity index (χ1n) is 8.47. The van der Waals surface area contributed by atoms with E-state index < -0.39 is 5.91 Å². The van der Waals surface area contributed by atoms with Crippen LogP contribution in [0.25, 0.3) is 11.3 Å². The van der Waals surface area contributed by atoms with Crippen LogP contribution in [-0.4, -0.2) is 22.8 Å². The molecule has 6 nitrogen and oxygen atoms in total. The molecule has 1 aliphatic heterocycles. The lowest BCUT2D eigenvalue weighted by Gasteiger charge is -2.23. The maximum absolute atomic E-state index is 12.3. The number of benzene rings is 2. The van der Waals surface area contributed by atoms with E-state index in [1.807, 2.05) is 42.5 Å². The lowest BCUT2D eigenvalue weighted by Crippen LogP contribution is -2.22. The van der Waals surface area contributed by atoms with Gasteiger partial charge >= 0.3 is 0 Å². The number of rotatable bonds is 5. The van der Waals surface area contributed by atoms with Crippen LogP contribution in [0.5, 0.6) is 5.75 Å². The summed E-state index contributed by atoms with van der Waals surface area (Å²) in [5, 5.41) is 2.98. The lowest BCUT2D eigenvalue weighted by atomic mass is 9.89. The van der Waals surface area contributed by atoms with Crippen LogP contribution in [-0.2, 0) is 9.59 Å². The topological polar surface area (TPSA) is 94.3 Å². The molecule has 0 saturated carbocycles. The number of hydrogen-bond donors (Lipinski definition) is 2. The molecule has 7 heteroatoms. The molecule has 2 heterocycles. The molecular formula is C20H17N3O3S. The second kappa shape index (κ2) is 7.20. The molecule has 4 rings (SSSR count). The zero-order chi connectivity index (χ0) is 18.8. The van der Waals surface area contributed by atoms with Gasteiger partial charge in [0.15, 0.2) is 6.61 Å². The summed E-state index contributed by atoms with van der Waals surface area (Å²) in [5.74, 6) is -0.0501. The van der Waals surface area contributed by atoms with Crippen LogP contribution in [0.4, 0.5) is 5.69 Å². The predicted molar refractivity (Wildman–Crippen MR) is 104 cm³/mol. The third kappa shape index (κ3) is 3.54. The Labute approximate surface area is 160 Å². The Hall–Kier alpha value is -3.19. The molecule has 27 heavy (non-hydrogen) atoms. The Bertz CT molecular complexity index is 983. The van der Waals surface area contributed by atoms with Crippen molar-refractivity contribution in [3.63, 3.8) is 0 Å². The number of nitrogens with one attached hydrogen (secondary N) is 1. The average molecular weight is 379 g/mol. The Morgan fingerprint density at radius 1 is 1.19 bits per heavy atom. The molecule has 2 amide bonds. The molecule has 136 valence electrons. The first-order chi connectivity index (χ1) is 13.1. The number of amides is 2. The lowest BCUT2D eigenvalue weighted by molar-refractivity contribution is -0.120. The molecule has 1 aromatic heterocycles. The van der Waals surface area contributed by atoms with Gasteiger partial charge in [-0.3, -0.25) is 9.59 Å². The van der Waals surface area contributed by atoms with Gasteiger partial charge in [0.2, 0.25) is 5.91 Å². The van der Waals surface area contributed by atoms with Gasteiger partial charge < -0.3 is 15.8 Å². The number of fused-ring (bicyclic) bond motifs is 1. The minimum atomic E-state index is -0.522. The Morgan fingerprint density at radius 3 is 2.63 bits per heavy atom. The summed E-state index contributed by atoms with van der Waals surface area (Å²) in [7, 11) is 0. The SMILES string of the molecule is NC(=O)COc1ccc([C@H]2CC(=O)Nc3c(-c4ccccc4)nsc32)cc1. The van der Waals surface area contributed by atoms with E-state index in [0.29, 0.717) is 12.2 Å². The summed E-state index contributed by atoms with van der Waals surface area (Å²) in [6, 6.07) is 17.2. The second-order valence-corrected chi connectivity index (χ2v) is 7.07. The van der Waals surface area contributed by atoms with Crippen molar-refractivity contribution >= 4 is 29.0 Å². The van der Waals surface area contributed by atoms with E-state index in [1.165, 1.54) is 11.5 Å². The van der Waals surface area contributed by atoms with Gasteiger partial charge in [0.05, 0.1) is 10.6 Å². The summed E-state index contributed by atoms with van der Waals surface area (Å²) in [5.41, 5.74) is 8.66. The number of nitrogens with two attached hydrogens (primary N) is 1. The van der Waals surface area contributed by atoms with Crippen LogP contribution in [0.3, 0.4) is 0 Å². The maximum Gasteiger partial charge on any atom is 0.255 e. The number of nitrogens with zero attached hydrogens (tertiary/aromatic N) is 1. The van der Waals surface area contributed by atoms with Gasteiger partial charge in [-0.1, -0.05) is 42.5 Å².